The van der Waals surface area contributed by atoms with E-state index in [0.717, 1.165) is 12.3 Å². The van der Waals surface area contributed by atoms with Crippen LogP contribution < -0.4 is 10.6 Å². The van der Waals surface area contributed by atoms with Crippen LogP contribution >= 0.6 is 0 Å². The Hall–Kier alpha value is -1.02. The van der Waals surface area contributed by atoms with Crippen LogP contribution in [-0.2, 0) is 0 Å². The summed E-state index contributed by atoms with van der Waals surface area (Å²) >= 11 is 0. The Morgan fingerprint density at radius 3 is 2.50 bits per heavy atom. The van der Waals surface area contributed by atoms with Crippen LogP contribution in [0.1, 0.15) is 51.6 Å². The van der Waals surface area contributed by atoms with E-state index in [1.54, 1.807) is 0 Å². The molecule has 3 atom stereocenters. The molecule has 1 heterocycles. The number of benzene rings is 1. The summed E-state index contributed by atoms with van der Waals surface area (Å²) in [7, 11) is 0. The van der Waals surface area contributed by atoms with E-state index in [1.807, 2.05) is 0 Å². The van der Waals surface area contributed by atoms with Crippen molar-refractivity contribution in [3.8, 4) is 0 Å². The van der Waals surface area contributed by atoms with Gasteiger partial charge in [-0.05, 0) is 49.8 Å². The molecule has 18 heavy (non-hydrogen) atoms. The summed E-state index contributed by atoms with van der Waals surface area (Å²) in [6.45, 7) is 8.01. The first-order valence-electron chi connectivity index (χ1n) is 7.24. The van der Waals surface area contributed by atoms with Crippen LogP contribution in [0.25, 0.3) is 0 Å². The highest BCUT2D eigenvalue weighted by Crippen LogP contribution is 2.28. The summed E-state index contributed by atoms with van der Waals surface area (Å²) in [6, 6.07) is 9.68. The van der Waals surface area contributed by atoms with E-state index >= 15 is 0 Å². The lowest BCUT2D eigenvalue weighted by molar-refractivity contribution is 0.378. The fourth-order valence-electron chi connectivity index (χ4n) is 2.94. The Morgan fingerprint density at radius 2 is 1.94 bits per heavy atom. The summed E-state index contributed by atoms with van der Waals surface area (Å²) in [5.41, 5.74) is 8.65. The van der Waals surface area contributed by atoms with Crippen molar-refractivity contribution in [3.63, 3.8) is 0 Å². The Bertz CT molecular complexity index is 371. The van der Waals surface area contributed by atoms with Crippen molar-refractivity contribution in [2.75, 3.05) is 11.4 Å². The molecule has 1 aromatic rings. The minimum atomic E-state index is 0.179. The smallest absolute Gasteiger partial charge is 0.0368 e. The first kappa shape index (κ1) is 13.4. The third-order valence-corrected chi connectivity index (χ3v) is 4.23. The second-order valence-electron chi connectivity index (χ2n) is 5.78. The standard InChI is InChI=1S/C16H26N2/c1-4-16(17)14-5-7-15(8-6-14)18-10-9-12(2)11-13(18)3/h5-8,12-13,16H,4,9-11,17H2,1-3H3/t12?,13?,16-/m1/s1. The number of piperidine rings is 1. The topological polar surface area (TPSA) is 29.3 Å². The Morgan fingerprint density at radius 1 is 1.28 bits per heavy atom. The largest absolute Gasteiger partial charge is 0.369 e. The first-order chi connectivity index (χ1) is 8.61. The molecule has 1 aliphatic rings. The third-order valence-electron chi connectivity index (χ3n) is 4.23. The number of nitrogens with two attached hydrogens (primary N) is 1. The molecule has 0 aliphatic carbocycles. The minimum absolute atomic E-state index is 0.179. The molecule has 0 saturated carbocycles. The van der Waals surface area contributed by atoms with Gasteiger partial charge in [-0.15, -0.1) is 0 Å². The molecule has 100 valence electrons. The highest BCUT2D eigenvalue weighted by Gasteiger charge is 2.22. The molecular formula is C16H26N2. The molecule has 2 heteroatoms. The Labute approximate surface area is 111 Å². The van der Waals surface area contributed by atoms with Crippen molar-refractivity contribution in [1.29, 1.82) is 0 Å². The van der Waals surface area contributed by atoms with Gasteiger partial charge in [0.25, 0.3) is 0 Å². The van der Waals surface area contributed by atoms with Gasteiger partial charge in [-0.1, -0.05) is 26.0 Å². The van der Waals surface area contributed by atoms with Gasteiger partial charge in [0.1, 0.15) is 0 Å². The van der Waals surface area contributed by atoms with Crippen molar-refractivity contribution in [2.45, 2.75) is 52.1 Å². The molecule has 0 radical (unpaired) electrons. The molecule has 0 aromatic heterocycles. The molecule has 2 rings (SSSR count). The maximum atomic E-state index is 6.05. The number of nitrogens with zero attached hydrogens (tertiary/aromatic N) is 1. The molecule has 0 bridgehead atoms. The zero-order valence-electron chi connectivity index (χ0n) is 11.9. The van der Waals surface area contributed by atoms with Gasteiger partial charge >= 0.3 is 0 Å². The fraction of sp³-hybridized carbons (Fsp3) is 0.625. The molecule has 2 nitrogen and oxygen atoms in total. The number of anilines is 1. The van der Waals surface area contributed by atoms with Gasteiger partial charge in [-0.2, -0.15) is 0 Å². The molecule has 1 aliphatic heterocycles. The van der Waals surface area contributed by atoms with Crippen LogP contribution in [0.3, 0.4) is 0 Å². The molecule has 2 unspecified atom stereocenters. The van der Waals surface area contributed by atoms with Gasteiger partial charge in [-0.25, -0.2) is 0 Å². The van der Waals surface area contributed by atoms with Gasteiger partial charge < -0.3 is 10.6 Å². The molecule has 2 N–H and O–H groups in total. The molecular weight excluding hydrogens is 220 g/mol. The van der Waals surface area contributed by atoms with Gasteiger partial charge in [0.15, 0.2) is 0 Å². The summed E-state index contributed by atoms with van der Waals surface area (Å²) < 4.78 is 0. The summed E-state index contributed by atoms with van der Waals surface area (Å²) in [5.74, 6) is 0.865. The predicted molar refractivity (Wildman–Crippen MR) is 78.9 cm³/mol. The number of hydrogen-bond donors (Lipinski definition) is 1. The fourth-order valence-corrected chi connectivity index (χ4v) is 2.94. The van der Waals surface area contributed by atoms with E-state index in [1.165, 1.54) is 30.6 Å². The molecule has 0 spiro atoms. The van der Waals surface area contributed by atoms with E-state index in [-0.39, 0.29) is 6.04 Å². The van der Waals surface area contributed by atoms with E-state index < -0.39 is 0 Å². The van der Waals surface area contributed by atoms with Crippen LogP contribution in [0.15, 0.2) is 24.3 Å². The van der Waals surface area contributed by atoms with Crippen LogP contribution in [0.2, 0.25) is 0 Å². The van der Waals surface area contributed by atoms with Crippen LogP contribution in [-0.4, -0.2) is 12.6 Å². The van der Waals surface area contributed by atoms with Gasteiger partial charge in [-0.3, -0.25) is 0 Å². The number of hydrogen-bond acceptors (Lipinski definition) is 2. The average molecular weight is 246 g/mol. The van der Waals surface area contributed by atoms with E-state index in [2.05, 4.69) is 49.9 Å². The maximum Gasteiger partial charge on any atom is 0.0368 e. The lowest BCUT2D eigenvalue weighted by Gasteiger charge is -2.38. The second kappa shape index (κ2) is 5.75. The Balaban J connectivity index is 2.09. The average Bonchev–Trinajstić information content (AvgIpc) is 2.38. The van der Waals surface area contributed by atoms with E-state index in [9.17, 15) is 0 Å². The van der Waals surface area contributed by atoms with Crippen molar-refractivity contribution in [1.82, 2.24) is 0 Å². The van der Waals surface area contributed by atoms with E-state index in [4.69, 9.17) is 5.73 Å². The quantitative estimate of drug-likeness (QED) is 0.880. The van der Waals surface area contributed by atoms with Crippen molar-refractivity contribution >= 4 is 5.69 Å². The Kier molecular flexibility index (Phi) is 4.28. The van der Waals surface area contributed by atoms with Crippen LogP contribution in [0, 0.1) is 5.92 Å². The van der Waals surface area contributed by atoms with Crippen molar-refractivity contribution < 1.29 is 0 Å². The zero-order valence-corrected chi connectivity index (χ0v) is 11.9. The predicted octanol–water partition coefficient (Wildman–Crippen LogP) is 3.72. The highest BCUT2D eigenvalue weighted by atomic mass is 15.2. The number of rotatable bonds is 3. The highest BCUT2D eigenvalue weighted by molar-refractivity contribution is 5.49. The normalized spacial score (nSPS) is 26.1. The zero-order chi connectivity index (χ0) is 13.1. The molecule has 1 saturated heterocycles. The second-order valence-corrected chi connectivity index (χ2v) is 5.78. The SMILES string of the molecule is CC[C@@H](N)c1ccc(N2CCC(C)CC2C)cc1. The van der Waals surface area contributed by atoms with Crippen LogP contribution in [0.5, 0.6) is 0 Å². The van der Waals surface area contributed by atoms with Crippen molar-refractivity contribution in [3.05, 3.63) is 29.8 Å². The summed E-state index contributed by atoms with van der Waals surface area (Å²) in [6.07, 6.45) is 3.60. The van der Waals surface area contributed by atoms with Gasteiger partial charge in [0.2, 0.25) is 0 Å². The maximum absolute atomic E-state index is 6.05. The van der Waals surface area contributed by atoms with Gasteiger partial charge in [0.05, 0.1) is 0 Å². The van der Waals surface area contributed by atoms with E-state index in [0.29, 0.717) is 6.04 Å². The minimum Gasteiger partial charge on any atom is -0.369 e. The van der Waals surface area contributed by atoms with Crippen LogP contribution in [0.4, 0.5) is 5.69 Å². The first-order valence-corrected chi connectivity index (χ1v) is 7.24. The third kappa shape index (κ3) is 2.86. The lowest BCUT2D eigenvalue weighted by atomic mass is 9.92. The molecule has 1 fully saturated rings. The van der Waals surface area contributed by atoms with Crippen molar-refractivity contribution in [2.24, 2.45) is 11.7 Å². The molecule has 0 amide bonds. The monoisotopic (exact) mass is 246 g/mol. The lowest BCUT2D eigenvalue weighted by Crippen LogP contribution is -2.40. The molecule has 1 aromatic carbocycles. The summed E-state index contributed by atoms with van der Waals surface area (Å²) in [5, 5.41) is 0. The van der Waals surface area contributed by atoms with Gasteiger partial charge in [0, 0.05) is 24.3 Å². The summed E-state index contributed by atoms with van der Waals surface area (Å²) in [4.78, 5) is 2.53.